The van der Waals surface area contributed by atoms with Crippen molar-refractivity contribution in [2.75, 3.05) is 4.72 Å². The van der Waals surface area contributed by atoms with Crippen molar-refractivity contribution in [2.45, 2.75) is 18.7 Å². The summed E-state index contributed by atoms with van der Waals surface area (Å²) in [7, 11) is 0. The molecule has 3 aromatic rings. The molecule has 0 unspecified atom stereocenters. The topological polar surface area (TPSA) is 37.8 Å². The number of hydrogen-bond acceptors (Lipinski definition) is 4. The van der Waals surface area contributed by atoms with Gasteiger partial charge in [0.05, 0.1) is 11.4 Å². The summed E-state index contributed by atoms with van der Waals surface area (Å²) in [6.07, 6.45) is 3.64. The lowest BCUT2D eigenvalue weighted by atomic mass is 10.1. The standard InChI is InChI=1S/C18H16FN3S/c1-12-8-14(6-7-20-12)15-9-18(13(2)21-11-15)22-23-17-5-3-4-16(19)10-17/h3-11,22H,1-2H3. The van der Waals surface area contributed by atoms with E-state index >= 15 is 0 Å². The van der Waals surface area contributed by atoms with Crippen molar-refractivity contribution < 1.29 is 4.39 Å². The molecule has 0 atom stereocenters. The number of benzene rings is 1. The van der Waals surface area contributed by atoms with Crippen LogP contribution in [0.25, 0.3) is 11.1 Å². The molecule has 0 fully saturated rings. The van der Waals surface area contributed by atoms with Gasteiger partial charge >= 0.3 is 0 Å². The Labute approximate surface area is 139 Å². The van der Waals surface area contributed by atoms with Gasteiger partial charge in [-0.3, -0.25) is 9.97 Å². The second kappa shape index (κ2) is 6.79. The van der Waals surface area contributed by atoms with Gasteiger partial charge in [-0.1, -0.05) is 6.07 Å². The lowest BCUT2D eigenvalue weighted by molar-refractivity contribution is 0.624. The highest BCUT2D eigenvalue weighted by Gasteiger charge is 2.05. The average Bonchev–Trinajstić information content (AvgIpc) is 2.54. The van der Waals surface area contributed by atoms with E-state index in [1.165, 1.54) is 24.1 Å². The maximum Gasteiger partial charge on any atom is 0.124 e. The monoisotopic (exact) mass is 325 g/mol. The van der Waals surface area contributed by atoms with Gasteiger partial charge in [0, 0.05) is 28.5 Å². The molecular formula is C18H16FN3S. The van der Waals surface area contributed by atoms with Gasteiger partial charge in [0.2, 0.25) is 0 Å². The summed E-state index contributed by atoms with van der Waals surface area (Å²) in [5.41, 5.74) is 4.86. The maximum absolute atomic E-state index is 13.2. The number of halogens is 1. The van der Waals surface area contributed by atoms with Crippen LogP contribution in [0.15, 0.2) is 59.8 Å². The molecule has 1 N–H and O–H groups in total. The molecule has 23 heavy (non-hydrogen) atoms. The van der Waals surface area contributed by atoms with Crippen molar-refractivity contribution in [3.8, 4) is 11.1 Å². The van der Waals surface area contributed by atoms with Gasteiger partial charge in [0.25, 0.3) is 0 Å². The Balaban J connectivity index is 1.83. The SMILES string of the molecule is Cc1cc(-c2cnc(C)c(NSc3cccc(F)c3)c2)ccn1. The third-order valence-electron chi connectivity index (χ3n) is 3.39. The Morgan fingerprint density at radius 1 is 1.00 bits per heavy atom. The minimum absolute atomic E-state index is 0.243. The molecule has 0 aliphatic carbocycles. The molecule has 0 saturated heterocycles. The van der Waals surface area contributed by atoms with E-state index < -0.39 is 0 Å². The van der Waals surface area contributed by atoms with Crippen molar-refractivity contribution >= 4 is 17.6 Å². The van der Waals surface area contributed by atoms with Crippen LogP contribution < -0.4 is 4.72 Å². The minimum atomic E-state index is -0.243. The van der Waals surface area contributed by atoms with E-state index in [0.717, 1.165) is 33.1 Å². The lowest BCUT2D eigenvalue weighted by Crippen LogP contribution is -1.94. The van der Waals surface area contributed by atoms with Crippen LogP contribution in [-0.2, 0) is 0 Å². The van der Waals surface area contributed by atoms with Crippen LogP contribution in [0.4, 0.5) is 10.1 Å². The van der Waals surface area contributed by atoms with Crippen LogP contribution in [0.3, 0.4) is 0 Å². The third-order valence-corrected chi connectivity index (χ3v) is 4.20. The number of aromatic nitrogens is 2. The maximum atomic E-state index is 13.2. The smallest absolute Gasteiger partial charge is 0.124 e. The fraction of sp³-hybridized carbons (Fsp3) is 0.111. The molecule has 0 aliphatic rings. The van der Waals surface area contributed by atoms with Gasteiger partial charge < -0.3 is 4.72 Å². The van der Waals surface area contributed by atoms with E-state index in [1.54, 1.807) is 12.3 Å². The van der Waals surface area contributed by atoms with E-state index in [0.29, 0.717) is 0 Å². The van der Waals surface area contributed by atoms with Gasteiger partial charge in [0.1, 0.15) is 5.82 Å². The molecule has 2 aromatic heterocycles. The predicted octanol–water partition coefficient (Wildman–Crippen LogP) is 5.02. The number of rotatable bonds is 4. The Hall–Kier alpha value is -2.40. The van der Waals surface area contributed by atoms with Crippen molar-refractivity contribution in [3.63, 3.8) is 0 Å². The van der Waals surface area contributed by atoms with Crippen molar-refractivity contribution in [3.05, 3.63) is 72.1 Å². The number of nitrogens with one attached hydrogen (secondary N) is 1. The highest BCUT2D eigenvalue weighted by atomic mass is 32.2. The van der Waals surface area contributed by atoms with Gasteiger partial charge in [-0.2, -0.15) is 0 Å². The second-order valence-electron chi connectivity index (χ2n) is 5.20. The summed E-state index contributed by atoms with van der Waals surface area (Å²) in [6.45, 7) is 3.90. The van der Waals surface area contributed by atoms with Crippen LogP contribution in [0, 0.1) is 19.7 Å². The molecule has 0 aliphatic heterocycles. The van der Waals surface area contributed by atoms with E-state index in [2.05, 4.69) is 14.7 Å². The highest BCUT2D eigenvalue weighted by Crippen LogP contribution is 2.27. The molecule has 0 amide bonds. The number of pyridine rings is 2. The molecule has 116 valence electrons. The molecule has 1 aromatic carbocycles. The van der Waals surface area contributed by atoms with Crippen molar-refractivity contribution in [1.29, 1.82) is 0 Å². The molecule has 3 nitrogen and oxygen atoms in total. The van der Waals surface area contributed by atoms with E-state index in [-0.39, 0.29) is 5.82 Å². The van der Waals surface area contributed by atoms with Gasteiger partial charge in [0.15, 0.2) is 0 Å². The van der Waals surface area contributed by atoms with Gasteiger partial charge in [-0.25, -0.2) is 4.39 Å². The molecule has 0 saturated carbocycles. The molecule has 0 spiro atoms. The summed E-state index contributed by atoms with van der Waals surface area (Å²) in [5.74, 6) is -0.243. The fourth-order valence-corrected chi connectivity index (χ4v) is 2.92. The quantitative estimate of drug-likeness (QED) is 0.684. The van der Waals surface area contributed by atoms with Gasteiger partial charge in [-0.05, 0) is 67.8 Å². The zero-order valence-corrected chi connectivity index (χ0v) is 13.7. The highest BCUT2D eigenvalue weighted by molar-refractivity contribution is 8.00. The Kier molecular flexibility index (Phi) is 4.57. The van der Waals surface area contributed by atoms with E-state index in [4.69, 9.17) is 0 Å². The molecule has 3 rings (SSSR count). The van der Waals surface area contributed by atoms with Crippen molar-refractivity contribution in [1.82, 2.24) is 9.97 Å². The van der Waals surface area contributed by atoms with Crippen LogP contribution in [0.1, 0.15) is 11.4 Å². The second-order valence-corrected chi connectivity index (χ2v) is 6.08. The van der Waals surface area contributed by atoms with Gasteiger partial charge in [-0.15, -0.1) is 0 Å². The first-order chi connectivity index (χ1) is 11.1. The number of nitrogens with zero attached hydrogens (tertiary/aromatic N) is 2. The van der Waals surface area contributed by atoms with Crippen LogP contribution in [0.5, 0.6) is 0 Å². The average molecular weight is 325 g/mol. The summed E-state index contributed by atoms with van der Waals surface area (Å²) >= 11 is 1.37. The van der Waals surface area contributed by atoms with Crippen LogP contribution in [-0.4, -0.2) is 9.97 Å². The molecule has 5 heteroatoms. The molecule has 2 heterocycles. The van der Waals surface area contributed by atoms with Crippen LogP contribution in [0.2, 0.25) is 0 Å². The minimum Gasteiger partial charge on any atom is -0.324 e. The first kappa shape index (κ1) is 15.5. The zero-order chi connectivity index (χ0) is 16.2. The molecular weight excluding hydrogens is 309 g/mol. The number of anilines is 1. The first-order valence-corrected chi connectivity index (χ1v) is 8.01. The summed E-state index contributed by atoms with van der Waals surface area (Å²) in [6, 6.07) is 12.5. The predicted molar refractivity (Wildman–Crippen MR) is 92.8 cm³/mol. The zero-order valence-electron chi connectivity index (χ0n) is 12.9. The summed E-state index contributed by atoms with van der Waals surface area (Å²) in [4.78, 5) is 9.47. The number of aryl methyl sites for hydroxylation is 2. The van der Waals surface area contributed by atoms with E-state index in [1.807, 2.05) is 44.3 Å². The fourth-order valence-electron chi connectivity index (χ4n) is 2.16. The normalized spacial score (nSPS) is 10.6. The summed E-state index contributed by atoms with van der Waals surface area (Å²) < 4.78 is 16.5. The summed E-state index contributed by atoms with van der Waals surface area (Å²) in [5, 5.41) is 0. The van der Waals surface area contributed by atoms with Crippen LogP contribution >= 0.6 is 11.9 Å². The number of hydrogen-bond donors (Lipinski definition) is 1. The van der Waals surface area contributed by atoms with Crippen molar-refractivity contribution in [2.24, 2.45) is 0 Å². The third kappa shape index (κ3) is 3.87. The lowest BCUT2D eigenvalue weighted by Gasteiger charge is -2.10. The Morgan fingerprint density at radius 2 is 1.87 bits per heavy atom. The Bertz CT molecular complexity index is 836. The largest absolute Gasteiger partial charge is 0.324 e. The Morgan fingerprint density at radius 3 is 2.65 bits per heavy atom. The molecule has 0 radical (unpaired) electrons. The van der Waals surface area contributed by atoms with E-state index in [9.17, 15) is 4.39 Å². The first-order valence-electron chi connectivity index (χ1n) is 7.20. The molecule has 0 bridgehead atoms.